The van der Waals surface area contributed by atoms with Crippen molar-refractivity contribution in [3.8, 4) is 5.75 Å². The molecule has 1 rings (SSSR count). The van der Waals surface area contributed by atoms with Gasteiger partial charge in [0.15, 0.2) is 5.75 Å². The van der Waals surface area contributed by atoms with E-state index in [4.69, 9.17) is 4.74 Å². The van der Waals surface area contributed by atoms with Crippen LogP contribution in [0.2, 0.25) is 0 Å². The fourth-order valence-electron chi connectivity index (χ4n) is 1.85. The Bertz CT molecular complexity index is 506. The number of hydrogen-bond acceptors (Lipinski definition) is 5. The first kappa shape index (κ1) is 17.9. The zero-order valence-corrected chi connectivity index (χ0v) is 14.1. The molecule has 21 heavy (non-hydrogen) atoms. The second kappa shape index (κ2) is 7.72. The summed E-state index contributed by atoms with van der Waals surface area (Å²) in [4.78, 5) is 10.6. The van der Waals surface area contributed by atoms with Crippen molar-refractivity contribution in [3.63, 3.8) is 0 Å². The second-order valence-corrected chi connectivity index (χ2v) is 6.21. The number of nitro groups is 1. The number of hydrogen-bond donors (Lipinski definition) is 2. The number of halogens is 1. The third-order valence-corrected chi connectivity index (χ3v) is 3.33. The maximum absolute atomic E-state index is 11.1. The number of rotatable bonds is 8. The van der Waals surface area contributed by atoms with Gasteiger partial charge in [-0.05, 0) is 38.4 Å². The Kier molecular flexibility index (Phi) is 6.57. The molecule has 118 valence electrons. The second-order valence-electron chi connectivity index (χ2n) is 5.29. The Hall–Kier alpha value is -1.18. The minimum atomic E-state index is -1.09. The van der Waals surface area contributed by atoms with Crippen molar-refractivity contribution in [2.45, 2.75) is 32.8 Å². The van der Waals surface area contributed by atoms with Crippen LogP contribution in [0.4, 0.5) is 5.69 Å². The molecule has 0 aliphatic carbocycles. The highest BCUT2D eigenvalue weighted by atomic mass is 79.9. The van der Waals surface area contributed by atoms with E-state index in [1.807, 2.05) is 6.92 Å². The lowest BCUT2D eigenvalue weighted by Gasteiger charge is -2.24. The van der Waals surface area contributed by atoms with Gasteiger partial charge in [-0.2, -0.15) is 0 Å². The molecule has 0 saturated heterocycles. The van der Waals surface area contributed by atoms with Gasteiger partial charge < -0.3 is 15.2 Å². The van der Waals surface area contributed by atoms with Crippen LogP contribution in [0.1, 0.15) is 25.8 Å². The minimum absolute atomic E-state index is 0.0208. The first-order chi connectivity index (χ1) is 9.76. The molecule has 0 spiro atoms. The van der Waals surface area contributed by atoms with Crippen molar-refractivity contribution in [2.75, 3.05) is 19.7 Å². The normalized spacial score (nSPS) is 13.8. The van der Waals surface area contributed by atoms with Gasteiger partial charge >= 0.3 is 5.69 Å². The highest BCUT2D eigenvalue weighted by Gasteiger charge is 2.25. The fraction of sp³-hybridized carbons (Fsp3) is 0.571. The average Bonchev–Trinajstić information content (AvgIpc) is 2.36. The molecule has 1 aromatic rings. The van der Waals surface area contributed by atoms with Crippen LogP contribution in [0.5, 0.6) is 5.75 Å². The number of nitro benzene ring substituents is 1. The Morgan fingerprint density at radius 1 is 1.52 bits per heavy atom. The fourth-order valence-corrected chi connectivity index (χ4v) is 2.41. The summed E-state index contributed by atoms with van der Waals surface area (Å²) >= 11 is 3.23. The van der Waals surface area contributed by atoms with Gasteiger partial charge in [0.25, 0.3) is 0 Å². The largest absolute Gasteiger partial charge is 0.484 e. The Labute approximate surface area is 132 Å². The van der Waals surface area contributed by atoms with Crippen LogP contribution in [-0.4, -0.2) is 35.3 Å². The van der Waals surface area contributed by atoms with Crippen molar-refractivity contribution in [3.05, 3.63) is 32.3 Å². The Morgan fingerprint density at radius 3 is 2.76 bits per heavy atom. The van der Waals surface area contributed by atoms with Gasteiger partial charge in [0.2, 0.25) is 0 Å². The summed E-state index contributed by atoms with van der Waals surface area (Å²) in [6.45, 7) is 6.55. The SMILES string of the molecule is CCCNCC(C)(O)COc1c(C)cc(Br)cc1[N+](=O)[O-]. The van der Waals surface area contributed by atoms with Crippen LogP contribution in [0.25, 0.3) is 0 Å². The van der Waals surface area contributed by atoms with E-state index in [2.05, 4.69) is 21.2 Å². The first-order valence-electron chi connectivity index (χ1n) is 6.77. The molecule has 0 saturated carbocycles. The quantitative estimate of drug-likeness (QED) is 0.423. The lowest BCUT2D eigenvalue weighted by atomic mass is 10.1. The van der Waals surface area contributed by atoms with Crippen LogP contribution in [-0.2, 0) is 0 Å². The van der Waals surface area contributed by atoms with Crippen molar-refractivity contribution in [1.82, 2.24) is 5.32 Å². The predicted octanol–water partition coefficient (Wildman–Crippen LogP) is 2.80. The van der Waals surface area contributed by atoms with Crippen LogP contribution < -0.4 is 10.1 Å². The van der Waals surface area contributed by atoms with Crippen molar-refractivity contribution in [2.24, 2.45) is 0 Å². The molecule has 0 aromatic heterocycles. The van der Waals surface area contributed by atoms with Gasteiger partial charge in [-0.1, -0.05) is 22.9 Å². The zero-order valence-electron chi connectivity index (χ0n) is 12.5. The highest BCUT2D eigenvalue weighted by Crippen LogP contribution is 2.34. The molecule has 2 N–H and O–H groups in total. The summed E-state index contributed by atoms with van der Waals surface area (Å²) in [7, 11) is 0. The lowest BCUT2D eigenvalue weighted by molar-refractivity contribution is -0.386. The molecule has 1 aromatic carbocycles. The van der Waals surface area contributed by atoms with E-state index in [1.165, 1.54) is 6.07 Å². The molecule has 0 bridgehead atoms. The molecule has 0 aliphatic rings. The number of nitrogens with zero attached hydrogens (tertiary/aromatic N) is 1. The van der Waals surface area contributed by atoms with Crippen LogP contribution in [0, 0.1) is 17.0 Å². The number of ether oxygens (including phenoxy) is 1. The molecule has 0 aliphatic heterocycles. The maximum atomic E-state index is 11.1. The van der Waals surface area contributed by atoms with E-state index in [9.17, 15) is 15.2 Å². The number of aryl methyl sites for hydroxylation is 1. The van der Waals surface area contributed by atoms with Crippen molar-refractivity contribution < 1.29 is 14.8 Å². The van der Waals surface area contributed by atoms with Gasteiger partial charge in [0.1, 0.15) is 12.2 Å². The Morgan fingerprint density at radius 2 is 2.19 bits per heavy atom. The van der Waals surface area contributed by atoms with E-state index < -0.39 is 10.5 Å². The first-order valence-corrected chi connectivity index (χ1v) is 7.56. The summed E-state index contributed by atoms with van der Waals surface area (Å²) in [6, 6.07) is 3.14. The van der Waals surface area contributed by atoms with Crippen molar-refractivity contribution >= 4 is 21.6 Å². The summed E-state index contributed by atoms with van der Waals surface area (Å²) in [5.41, 5.74) is -0.560. The lowest BCUT2D eigenvalue weighted by Crippen LogP contribution is -2.43. The summed E-state index contributed by atoms with van der Waals surface area (Å²) in [5.74, 6) is 0.193. The van der Waals surface area contributed by atoms with Gasteiger partial charge in [-0.3, -0.25) is 10.1 Å². The summed E-state index contributed by atoms with van der Waals surface area (Å²) in [6.07, 6.45) is 0.966. The van der Waals surface area contributed by atoms with E-state index >= 15 is 0 Å². The molecule has 0 amide bonds. The molecular weight excluding hydrogens is 340 g/mol. The standard InChI is InChI=1S/C14H21BrN2O4/c1-4-5-16-8-14(3,18)9-21-13-10(2)6-11(15)7-12(13)17(19)20/h6-7,16,18H,4-5,8-9H2,1-3H3. The smallest absolute Gasteiger partial charge is 0.312 e. The number of nitrogens with one attached hydrogen (secondary N) is 1. The minimum Gasteiger partial charge on any atom is -0.484 e. The van der Waals surface area contributed by atoms with E-state index in [-0.39, 0.29) is 18.0 Å². The molecule has 1 atom stereocenters. The third kappa shape index (κ3) is 5.61. The summed E-state index contributed by atoms with van der Waals surface area (Å²) in [5, 5.41) is 24.4. The third-order valence-electron chi connectivity index (χ3n) is 2.88. The highest BCUT2D eigenvalue weighted by molar-refractivity contribution is 9.10. The number of aliphatic hydroxyl groups is 1. The van der Waals surface area contributed by atoms with E-state index in [0.29, 0.717) is 16.6 Å². The molecule has 0 heterocycles. The molecule has 6 nitrogen and oxygen atoms in total. The molecular formula is C14H21BrN2O4. The van der Waals surface area contributed by atoms with Gasteiger partial charge in [-0.25, -0.2) is 0 Å². The summed E-state index contributed by atoms with van der Waals surface area (Å²) < 4.78 is 6.15. The maximum Gasteiger partial charge on any atom is 0.312 e. The van der Waals surface area contributed by atoms with Gasteiger partial charge in [0.05, 0.1) is 4.92 Å². The van der Waals surface area contributed by atoms with Crippen molar-refractivity contribution in [1.29, 1.82) is 0 Å². The molecule has 0 radical (unpaired) electrons. The van der Waals surface area contributed by atoms with Gasteiger partial charge in [0, 0.05) is 17.1 Å². The predicted molar refractivity (Wildman–Crippen MR) is 84.8 cm³/mol. The van der Waals surface area contributed by atoms with E-state index in [0.717, 1.165) is 13.0 Å². The zero-order chi connectivity index (χ0) is 16.0. The van der Waals surface area contributed by atoms with Crippen LogP contribution in [0.3, 0.4) is 0 Å². The monoisotopic (exact) mass is 360 g/mol. The Balaban J connectivity index is 2.81. The van der Waals surface area contributed by atoms with Crippen LogP contribution in [0.15, 0.2) is 16.6 Å². The van der Waals surface area contributed by atoms with E-state index in [1.54, 1.807) is 19.9 Å². The molecule has 0 fully saturated rings. The molecule has 1 unspecified atom stereocenters. The topological polar surface area (TPSA) is 84.6 Å². The van der Waals surface area contributed by atoms with Gasteiger partial charge in [-0.15, -0.1) is 0 Å². The number of benzene rings is 1. The average molecular weight is 361 g/mol. The van der Waals surface area contributed by atoms with Crippen LogP contribution >= 0.6 is 15.9 Å². The molecule has 7 heteroatoms.